The van der Waals surface area contributed by atoms with E-state index < -0.39 is 5.60 Å². The quantitative estimate of drug-likeness (QED) is 0.710. The molecule has 2 nitrogen and oxygen atoms in total. The predicted octanol–water partition coefficient (Wildman–Crippen LogP) is 3.10. The molecule has 0 aromatic carbocycles. The summed E-state index contributed by atoms with van der Waals surface area (Å²) in [7, 11) is 0. The first-order chi connectivity index (χ1) is 7.80. The third-order valence-corrected chi connectivity index (χ3v) is 4.70. The first-order valence-corrected chi connectivity index (χ1v) is 6.74. The lowest BCUT2D eigenvalue weighted by Crippen LogP contribution is -2.36. The van der Waals surface area contributed by atoms with Crippen LogP contribution >= 0.6 is 0 Å². The van der Waals surface area contributed by atoms with Crippen LogP contribution in [0.3, 0.4) is 0 Å². The minimum Gasteiger partial charge on any atom is -0.390 e. The zero-order chi connectivity index (χ0) is 12.8. The number of aliphatic hydroxyl groups is 1. The normalized spacial score (nSPS) is 34.9. The number of carbonyl (C=O) groups excluding carboxylic acids is 1. The lowest BCUT2D eigenvalue weighted by Gasteiger charge is -2.27. The Balaban J connectivity index is 2.34. The first-order valence-electron chi connectivity index (χ1n) is 6.74. The smallest absolute Gasteiger partial charge is 0.139 e. The van der Waals surface area contributed by atoms with E-state index in [1.807, 2.05) is 0 Å². The Morgan fingerprint density at radius 1 is 1.29 bits per heavy atom. The minimum atomic E-state index is -0.887. The third kappa shape index (κ3) is 2.33. The number of rotatable bonds is 1. The van der Waals surface area contributed by atoms with E-state index in [4.69, 9.17) is 0 Å². The molecule has 96 valence electrons. The van der Waals surface area contributed by atoms with Crippen molar-refractivity contribution in [2.24, 2.45) is 17.8 Å². The van der Waals surface area contributed by atoms with E-state index in [0.29, 0.717) is 18.3 Å². The van der Waals surface area contributed by atoms with Crippen molar-refractivity contribution in [2.45, 2.75) is 59.0 Å². The van der Waals surface area contributed by atoms with Crippen LogP contribution in [-0.2, 0) is 4.79 Å². The van der Waals surface area contributed by atoms with Crippen LogP contribution in [0.5, 0.6) is 0 Å². The zero-order valence-corrected chi connectivity index (χ0v) is 11.4. The Bertz CT molecular complexity index is 360. The molecule has 1 fully saturated rings. The van der Waals surface area contributed by atoms with E-state index in [2.05, 4.69) is 13.8 Å². The van der Waals surface area contributed by atoms with Crippen LogP contribution in [0.4, 0.5) is 0 Å². The molecule has 0 radical (unpaired) electrons. The average molecular weight is 236 g/mol. The van der Waals surface area contributed by atoms with Crippen molar-refractivity contribution >= 4 is 5.78 Å². The Labute approximate surface area is 104 Å². The SMILES string of the molecule is CC1=C2C[C@@H](C(C)(C)O)C(=O)C[C@@H](C)[C@@H]2CC1. The van der Waals surface area contributed by atoms with Crippen molar-refractivity contribution in [3.05, 3.63) is 11.1 Å². The van der Waals surface area contributed by atoms with Crippen LogP contribution in [0.1, 0.15) is 53.4 Å². The molecule has 2 heteroatoms. The van der Waals surface area contributed by atoms with Crippen LogP contribution in [0.15, 0.2) is 11.1 Å². The molecule has 2 aliphatic carbocycles. The lowest BCUT2D eigenvalue weighted by atomic mass is 9.82. The van der Waals surface area contributed by atoms with Gasteiger partial charge in [-0.2, -0.15) is 0 Å². The standard InChI is InChI=1S/C15H24O2/c1-9-5-6-11-10(2)7-14(16)13(8-12(9)11)15(3,4)17/h10-11,13,17H,5-8H2,1-4H3/t10-,11+,13-/m1/s1. The average Bonchev–Trinajstić information content (AvgIpc) is 2.47. The number of carbonyl (C=O) groups is 1. The van der Waals surface area contributed by atoms with Crippen molar-refractivity contribution in [2.75, 3.05) is 0 Å². The van der Waals surface area contributed by atoms with Gasteiger partial charge in [-0.05, 0) is 51.9 Å². The van der Waals surface area contributed by atoms with Crippen LogP contribution < -0.4 is 0 Å². The molecule has 2 rings (SSSR count). The van der Waals surface area contributed by atoms with Crippen molar-refractivity contribution < 1.29 is 9.90 Å². The molecule has 1 N–H and O–H groups in total. The largest absolute Gasteiger partial charge is 0.390 e. The first kappa shape index (κ1) is 12.8. The summed E-state index contributed by atoms with van der Waals surface area (Å²) in [4.78, 5) is 12.2. The highest BCUT2D eigenvalue weighted by Gasteiger charge is 2.41. The summed E-state index contributed by atoms with van der Waals surface area (Å²) < 4.78 is 0. The van der Waals surface area contributed by atoms with Crippen molar-refractivity contribution in [1.82, 2.24) is 0 Å². The number of hydrogen-bond donors (Lipinski definition) is 1. The molecule has 0 saturated heterocycles. The van der Waals surface area contributed by atoms with Gasteiger partial charge in [0.05, 0.1) is 5.60 Å². The van der Waals surface area contributed by atoms with Gasteiger partial charge in [0, 0.05) is 12.3 Å². The second kappa shape index (κ2) is 4.24. The summed E-state index contributed by atoms with van der Waals surface area (Å²) in [6.07, 6.45) is 3.80. The van der Waals surface area contributed by atoms with Gasteiger partial charge in [-0.15, -0.1) is 0 Å². The molecule has 3 atom stereocenters. The maximum Gasteiger partial charge on any atom is 0.139 e. The fourth-order valence-corrected chi connectivity index (χ4v) is 3.56. The highest BCUT2D eigenvalue weighted by Crippen LogP contribution is 2.45. The highest BCUT2D eigenvalue weighted by atomic mass is 16.3. The molecule has 17 heavy (non-hydrogen) atoms. The molecule has 2 aliphatic rings. The van der Waals surface area contributed by atoms with Gasteiger partial charge in [-0.25, -0.2) is 0 Å². The van der Waals surface area contributed by atoms with Crippen LogP contribution in [0.2, 0.25) is 0 Å². The highest BCUT2D eigenvalue weighted by molar-refractivity contribution is 5.83. The van der Waals surface area contributed by atoms with Gasteiger partial charge in [-0.1, -0.05) is 18.1 Å². The maximum atomic E-state index is 12.2. The Morgan fingerprint density at radius 3 is 2.53 bits per heavy atom. The lowest BCUT2D eigenvalue weighted by molar-refractivity contribution is -0.130. The zero-order valence-electron chi connectivity index (χ0n) is 11.4. The van der Waals surface area contributed by atoms with E-state index in [1.165, 1.54) is 24.0 Å². The van der Waals surface area contributed by atoms with Crippen molar-refractivity contribution in [1.29, 1.82) is 0 Å². The third-order valence-electron chi connectivity index (χ3n) is 4.70. The second-order valence-electron chi connectivity index (χ2n) is 6.51. The molecular formula is C15H24O2. The number of ketones is 1. The molecule has 0 amide bonds. The van der Waals surface area contributed by atoms with Crippen molar-refractivity contribution in [3.8, 4) is 0 Å². The topological polar surface area (TPSA) is 37.3 Å². The van der Waals surface area contributed by atoms with Gasteiger partial charge in [0.2, 0.25) is 0 Å². The molecule has 0 spiro atoms. The molecule has 0 aromatic rings. The molecule has 0 aromatic heterocycles. The van der Waals surface area contributed by atoms with E-state index >= 15 is 0 Å². The molecule has 0 bridgehead atoms. The van der Waals surface area contributed by atoms with Crippen LogP contribution in [0.25, 0.3) is 0 Å². The summed E-state index contributed by atoms with van der Waals surface area (Å²) >= 11 is 0. The Morgan fingerprint density at radius 2 is 1.94 bits per heavy atom. The molecule has 1 saturated carbocycles. The van der Waals surface area contributed by atoms with Crippen LogP contribution in [0, 0.1) is 17.8 Å². The maximum absolute atomic E-state index is 12.2. The summed E-state index contributed by atoms with van der Waals surface area (Å²) in [6, 6.07) is 0. The number of hydrogen-bond acceptors (Lipinski definition) is 2. The number of fused-ring (bicyclic) bond motifs is 1. The van der Waals surface area contributed by atoms with E-state index in [0.717, 1.165) is 6.42 Å². The summed E-state index contributed by atoms with van der Waals surface area (Å²) in [6.45, 7) is 7.92. The number of Topliss-reactive ketones (excluding diaryl/α,β-unsaturated/α-hetero) is 1. The van der Waals surface area contributed by atoms with Gasteiger partial charge in [0.1, 0.15) is 5.78 Å². The van der Waals surface area contributed by atoms with Gasteiger partial charge in [0.25, 0.3) is 0 Å². The fourth-order valence-electron chi connectivity index (χ4n) is 3.56. The minimum absolute atomic E-state index is 0.210. The Kier molecular flexibility index (Phi) is 3.19. The molecular weight excluding hydrogens is 212 g/mol. The Hall–Kier alpha value is -0.630. The van der Waals surface area contributed by atoms with E-state index in [1.54, 1.807) is 13.8 Å². The molecule has 0 unspecified atom stereocenters. The second-order valence-corrected chi connectivity index (χ2v) is 6.51. The molecule has 0 heterocycles. The van der Waals surface area contributed by atoms with Gasteiger partial charge in [-0.3, -0.25) is 4.79 Å². The summed E-state index contributed by atoms with van der Waals surface area (Å²) in [5.74, 6) is 1.08. The fraction of sp³-hybridized carbons (Fsp3) is 0.800. The monoisotopic (exact) mass is 236 g/mol. The van der Waals surface area contributed by atoms with Crippen molar-refractivity contribution in [3.63, 3.8) is 0 Å². The molecule has 0 aliphatic heterocycles. The van der Waals surface area contributed by atoms with Gasteiger partial charge < -0.3 is 5.11 Å². The summed E-state index contributed by atoms with van der Waals surface area (Å²) in [5, 5.41) is 10.2. The van der Waals surface area contributed by atoms with E-state index in [-0.39, 0.29) is 11.7 Å². The van der Waals surface area contributed by atoms with E-state index in [9.17, 15) is 9.90 Å². The van der Waals surface area contributed by atoms with Gasteiger partial charge in [0.15, 0.2) is 0 Å². The summed E-state index contributed by atoms with van der Waals surface area (Å²) in [5.41, 5.74) is 2.04. The van der Waals surface area contributed by atoms with Gasteiger partial charge >= 0.3 is 0 Å². The number of allylic oxidation sites excluding steroid dienone is 2. The van der Waals surface area contributed by atoms with Crippen LogP contribution in [-0.4, -0.2) is 16.5 Å². The predicted molar refractivity (Wildman–Crippen MR) is 68.6 cm³/mol.